The van der Waals surface area contributed by atoms with Gasteiger partial charge in [0.2, 0.25) is 15.9 Å². The number of primary amides is 1. The van der Waals surface area contributed by atoms with E-state index in [0.29, 0.717) is 18.7 Å². The van der Waals surface area contributed by atoms with E-state index in [1.54, 1.807) is 13.0 Å². The standard InChI is InChI=1S/C14H21N3O3S.ClH/c1-10-5-6-12(8-13(10)14(15)18)21(19,20)17-7-3-4-11(9-17)16-2;/h5-6,8,11,16H,3-4,7,9H2,1-2H3,(H2,15,18);1H. The van der Waals surface area contributed by atoms with Gasteiger partial charge in [0.25, 0.3) is 0 Å². The second kappa shape index (κ2) is 7.41. The van der Waals surface area contributed by atoms with Crippen LogP contribution in [-0.2, 0) is 10.0 Å². The van der Waals surface area contributed by atoms with Crippen LogP contribution < -0.4 is 11.1 Å². The van der Waals surface area contributed by atoms with Gasteiger partial charge in [-0.1, -0.05) is 6.07 Å². The number of benzene rings is 1. The SMILES string of the molecule is CNC1CCCN(S(=O)(=O)c2ccc(C)c(C(N)=O)c2)C1.Cl. The first-order valence-electron chi connectivity index (χ1n) is 6.94. The number of hydrogen-bond donors (Lipinski definition) is 2. The summed E-state index contributed by atoms with van der Waals surface area (Å²) >= 11 is 0. The molecule has 6 nitrogen and oxygen atoms in total. The molecular weight excluding hydrogens is 326 g/mol. The molecule has 1 aromatic carbocycles. The van der Waals surface area contributed by atoms with Gasteiger partial charge in [-0.25, -0.2) is 8.42 Å². The third kappa shape index (κ3) is 3.78. The largest absolute Gasteiger partial charge is 0.366 e. The van der Waals surface area contributed by atoms with Crippen molar-refractivity contribution < 1.29 is 13.2 Å². The maximum absolute atomic E-state index is 12.7. The van der Waals surface area contributed by atoms with Crippen molar-refractivity contribution in [1.29, 1.82) is 0 Å². The van der Waals surface area contributed by atoms with E-state index in [9.17, 15) is 13.2 Å². The predicted molar refractivity (Wildman–Crippen MR) is 87.8 cm³/mol. The van der Waals surface area contributed by atoms with E-state index in [0.717, 1.165) is 12.8 Å². The van der Waals surface area contributed by atoms with Crippen LogP contribution in [0.4, 0.5) is 0 Å². The van der Waals surface area contributed by atoms with Crippen molar-refractivity contribution in [2.75, 3.05) is 20.1 Å². The maximum atomic E-state index is 12.7. The number of likely N-dealkylation sites (N-methyl/N-ethyl adjacent to an activating group) is 1. The van der Waals surface area contributed by atoms with Crippen LogP contribution in [-0.4, -0.2) is 44.8 Å². The Morgan fingerprint density at radius 2 is 2.09 bits per heavy atom. The van der Waals surface area contributed by atoms with Crippen LogP contribution in [0.5, 0.6) is 0 Å². The molecule has 0 saturated carbocycles. The molecule has 1 atom stereocenters. The third-order valence-corrected chi connectivity index (χ3v) is 5.77. The van der Waals surface area contributed by atoms with Crippen molar-refractivity contribution >= 4 is 28.3 Å². The van der Waals surface area contributed by atoms with Crippen LogP contribution >= 0.6 is 12.4 Å². The molecule has 1 amide bonds. The second-order valence-corrected chi connectivity index (χ2v) is 7.27. The van der Waals surface area contributed by atoms with Crippen molar-refractivity contribution in [3.05, 3.63) is 29.3 Å². The van der Waals surface area contributed by atoms with Gasteiger partial charge in [-0.3, -0.25) is 4.79 Å². The van der Waals surface area contributed by atoms with Gasteiger partial charge >= 0.3 is 0 Å². The Labute approximate surface area is 137 Å². The van der Waals surface area contributed by atoms with Crippen LogP contribution in [0.2, 0.25) is 0 Å². The molecule has 1 unspecified atom stereocenters. The van der Waals surface area contributed by atoms with Gasteiger partial charge in [0.15, 0.2) is 0 Å². The van der Waals surface area contributed by atoms with Crippen molar-refractivity contribution in [2.45, 2.75) is 30.7 Å². The van der Waals surface area contributed by atoms with Gasteiger partial charge in [-0.05, 0) is 44.5 Å². The zero-order chi connectivity index (χ0) is 15.6. The van der Waals surface area contributed by atoms with Crippen LogP contribution in [0.15, 0.2) is 23.1 Å². The number of nitrogens with two attached hydrogens (primary N) is 1. The van der Waals surface area contributed by atoms with Gasteiger partial charge in [0.05, 0.1) is 4.90 Å². The van der Waals surface area contributed by atoms with E-state index in [4.69, 9.17) is 5.73 Å². The molecule has 124 valence electrons. The summed E-state index contributed by atoms with van der Waals surface area (Å²) in [6.45, 7) is 2.67. The summed E-state index contributed by atoms with van der Waals surface area (Å²) in [4.78, 5) is 11.5. The van der Waals surface area contributed by atoms with E-state index < -0.39 is 15.9 Å². The minimum Gasteiger partial charge on any atom is -0.366 e. The van der Waals surface area contributed by atoms with Gasteiger partial charge in [0.1, 0.15) is 0 Å². The van der Waals surface area contributed by atoms with Gasteiger partial charge in [0, 0.05) is 24.7 Å². The summed E-state index contributed by atoms with van der Waals surface area (Å²) in [6.07, 6.45) is 1.78. The smallest absolute Gasteiger partial charge is 0.249 e. The number of aryl methyl sites for hydroxylation is 1. The Kier molecular flexibility index (Phi) is 6.37. The van der Waals surface area contributed by atoms with Gasteiger partial charge < -0.3 is 11.1 Å². The molecule has 0 bridgehead atoms. The highest BCUT2D eigenvalue weighted by Crippen LogP contribution is 2.22. The molecule has 2 rings (SSSR count). The molecule has 1 aromatic rings. The molecule has 8 heteroatoms. The number of rotatable bonds is 4. The fraction of sp³-hybridized carbons (Fsp3) is 0.500. The number of nitrogens with one attached hydrogen (secondary N) is 1. The van der Waals surface area contributed by atoms with E-state index in [-0.39, 0.29) is 28.9 Å². The number of sulfonamides is 1. The minimum atomic E-state index is -3.59. The van der Waals surface area contributed by atoms with E-state index in [1.807, 2.05) is 7.05 Å². The lowest BCUT2D eigenvalue weighted by atomic mass is 10.1. The Bertz CT molecular complexity index is 649. The average molecular weight is 348 g/mol. The fourth-order valence-electron chi connectivity index (χ4n) is 2.57. The molecule has 0 radical (unpaired) electrons. The number of carbonyl (C=O) groups is 1. The summed E-state index contributed by atoms with van der Waals surface area (Å²) in [6, 6.07) is 4.68. The molecule has 22 heavy (non-hydrogen) atoms. The number of halogens is 1. The predicted octanol–water partition coefficient (Wildman–Crippen LogP) is 0.888. The summed E-state index contributed by atoms with van der Waals surface area (Å²) in [5, 5.41) is 3.12. The Morgan fingerprint density at radius 1 is 1.41 bits per heavy atom. The van der Waals surface area contributed by atoms with Crippen molar-refractivity contribution in [3.63, 3.8) is 0 Å². The lowest BCUT2D eigenvalue weighted by Crippen LogP contribution is -2.46. The molecule has 0 aromatic heterocycles. The summed E-state index contributed by atoms with van der Waals surface area (Å²) < 4.78 is 26.8. The Morgan fingerprint density at radius 3 is 2.68 bits per heavy atom. The van der Waals surface area contributed by atoms with Crippen LogP contribution in [0.25, 0.3) is 0 Å². The Balaban J connectivity index is 0.00000242. The van der Waals surface area contributed by atoms with E-state index >= 15 is 0 Å². The second-order valence-electron chi connectivity index (χ2n) is 5.33. The highest BCUT2D eigenvalue weighted by molar-refractivity contribution is 7.89. The van der Waals surface area contributed by atoms with E-state index in [1.165, 1.54) is 16.4 Å². The summed E-state index contributed by atoms with van der Waals surface area (Å²) in [7, 11) is -1.76. The molecule has 1 aliphatic heterocycles. The van der Waals surface area contributed by atoms with Crippen LogP contribution in [0.1, 0.15) is 28.8 Å². The molecule has 1 saturated heterocycles. The number of carbonyl (C=O) groups excluding carboxylic acids is 1. The fourth-order valence-corrected chi connectivity index (χ4v) is 4.12. The monoisotopic (exact) mass is 347 g/mol. The van der Waals surface area contributed by atoms with Crippen molar-refractivity contribution in [1.82, 2.24) is 9.62 Å². The topological polar surface area (TPSA) is 92.5 Å². The van der Waals surface area contributed by atoms with Crippen LogP contribution in [0.3, 0.4) is 0 Å². The van der Waals surface area contributed by atoms with Crippen molar-refractivity contribution in [3.8, 4) is 0 Å². The lowest BCUT2D eigenvalue weighted by Gasteiger charge is -2.31. The van der Waals surface area contributed by atoms with Crippen molar-refractivity contribution in [2.24, 2.45) is 5.73 Å². The third-order valence-electron chi connectivity index (χ3n) is 3.90. The highest BCUT2D eigenvalue weighted by Gasteiger charge is 2.30. The molecule has 1 fully saturated rings. The quantitative estimate of drug-likeness (QED) is 0.846. The summed E-state index contributed by atoms with van der Waals surface area (Å²) in [5.74, 6) is -0.615. The van der Waals surface area contributed by atoms with E-state index in [2.05, 4.69) is 5.32 Å². The lowest BCUT2D eigenvalue weighted by molar-refractivity contribution is 0.0999. The number of hydrogen-bond acceptors (Lipinski definition) is 4. The first kappa shape index (κ1) is 18.9. The highest BCUT2D eigenvalue weighted by atomic mass is 35.5. The molecule has 3 N–H and O–H groups in total. The van der Waals surface area contributed by atoms with Crippen LogP contribution in [0, 0.1) is 6.92 Å². The minimum absolute atomic E-state index is 0. The molecule has 1 aliphatic rings. The molecular formula is C14H22ClN3O3S. The first-order chi connectivity index (χ1) is 9.86. The van der Waals surface area contributed by atoms with Gasteiger partial charge in [-0.2, -0.15) is 4.31 Å². The number of amides is 1. The summed E-state index contributed by atoms with van der Waals surface area (Å²) in [5.41, 5.74) is 6.21. The molecule has 0 spiro atoms. The molecule has 1 heterocycles. The zero-order valence-electron chi connectivity index (χ0n) is 12.7. The normalized spacial score (nSPS) is 19.5. The molecule has 0 aliphatic carbocycles. The number of nitrogens with zero attached hydrogens (tertiary/aromatic N) is 1. The number of piperidine rings is 1. The maximum Gasteiger partial charge on any atom is 0.249 e. The Hall–Kier alpha value is -1.15. The first-order valence-corrected chi connectivity index (χ1v) is 8.38. The van der Waals surface area contributed by atoms with Gasteiger partial charge in [-0.15, -0.1) is 12.4 Å². The average Bonchev–Trinajstić information content (AvgIpc) is 2.47. The zero-order valence-corrected chi connectivity index (χ0v) is 14.3.